The van der Waals surface area contributed by atoms with E-state index >= 15 is 0 Å². The number of hydrogen-bond donors (Lipinski definition) is 1. The maximum absolute atomic E-state index is 12.4. The molecular formula is C17H19NO4S. The van der Waals surface area contributed by atoms with Crippen LogP contribution >= 0.6 is 11.3 Å². The summed E-state index contributed by atoms with van der Waals surface area (Å²) in [5.74, 6) is 0.0273. The van der Waals surface area contributed by atoms with E-state index in [4.69, 9.17) is 9.15 Å². The van der Waals surface area contributed by atoms with Gasteiger partial charge in [0.15, 0.2) is 5.76 Å². The minimum Gasteiger partial charge on any atom is -0.462 e. The zero-order chi connectivity index (χ0) is 16.4. The van der Waals surface area contributed by atoms with Gasteiger partial charge in [-0.05, 0) is 49.8 Å². The van der Waals surface area contributed by atoms with Gasteiger partial charge in [-0.15, -0.1) is 11.3 Å². The van der Waals surface area contributed by atoms with Gasteiger partial charge in [-0.3, -0.25) is 4.79 Å². The summed E-state index contributed by atoms with van der Waals surface area (Å²) >= 11 is 1.47. The third kappa shape index (κ3) is 3.17. The highest BCUT2D eigenvalue weighted by Gasteiger charge is 2.29. The Morgan fingerprint density at radius 1 is 1.48 bits per heavy atom. The summed E-state index contributed by atoms with van der Waals surface area (Å²) in [6.45, 7) is 4.27. The highest BCUT2D eigenvalue weighted by Crippen LogP contribution is 2.40. The number of fused-ring (bicyclic) bond motifs is 1. The summed E-state index contributed by atoms with van der Waals surface area (Å²) in [5.41, 5.74) is 1.54. The molecule has 0 bridgehead atoms. The first kappa shape index (κ1) is 15.8. The first-order valence-corrected chi connectivity index (χ1v) is 8.58. The van der Waals surface area contributed by atoms with E-state index in [0.717, 1.165) is 24.8 Å². The third-order valence-electron chi connectivity index (χ3n) is 3.96. The van der Waals surface area contributed by atoms with Crippen molar-refractivity contribution in [3.63, 3.8) is 0 Å². The van der Waals surface area contributed by atoms with Crippen LogP contribution in [0.15, 0.2) is 22.8 Å². The molecule has 0 fully saturated rings. The van der Waals surface area contributed by atoms with Crippen molar-refractivity contribution in [2.75, 3.05) is 11.9 Å². The van der Waals surface area contributed by atoms with Crippen molar-refractivity contribution in [2.24, 2.45) is 5.92 Å². The average molecular weight is 333 g/mol. The van der Waals surface area contributed by atoms with Crippen LogP contribution in [0.5, 0.6) is 0 Å². The molecule has 5 nitrogen and oxygen atoms in total. The number of thiophene rings is 1. The number of ether oxygens (including phenoxy) is 1. The predicted octanol–water partition coefficient (Wildman–Crippen LogP) is 3.89. The number of amides is 1. The molecule has 0 unspecified atom stereocenters. The van der Waals surface area contributed by atoms with E-state index < -0.39 is 0 Å². The number of nitrogens with one attached hydrogen (secondary N) is 1. The fourth-order valence-electron chi connectivity index (χ4n) is 2.84. The topological polar surface area (TPSA) is 68.5 Å². The maximum Gasteiger partial charge on any atom is 0.341 e. The van der Waals surface area contributed by atoms with Crippen molar-refractivity contribution in [2.45, 2.75) is 33.1 Å². The molecule has 2 aromatic heterocycles. The normalized spacial score (nSPS) is 16.7. The first-order chi connectivity index (χ1) is 11.1. The Kier molecular flexibility index (Phi) is 4.52. The molecule has 2 heterocycles. The number of rotatable bonds is 4. The number of esters is 1. The Bertz CT molecular complexity index is 717. The molecule has 2 aromatic rings. The van der Waals surface area contributed by atoms with Gasteiger partial charge in [0.25, 0.3) is 5.91 Å². The predicted molar refractivity (Wildman–Crippen MR) is 88.1 cm³/mol. The summed E-state index contributed by atoms with van der Waals surface area (Å²) in [7, 11) is 0. The van der Waals surface area contributed by atoms with E-state index in [0.29, 0.717) is 23.1 Å². The second kappa shape index (κ2) is 6.58. The van der Waals surface area contributed by atoms with Crippen molar-refractivity contribution in [3.8, 4) is 0 Å². The lowest BCUT2D eigenvalue weighted by molar-refractivity contribution is 0.0526. The van der Waals surface area contributed by atoms with Gasteiger partial charge in [-0.1, -0.05) is 6.92 Å². The molecule has 0 aromatic carbocycles. The zero-order valence-corrected chi connectivity index (χ0v) is 14.0. The Balaban J connectivity index is 1.95. The molecule has 1 aliphatic carbocycles. The number of aryl methyl sites for hydroxylation is 1. The summed E-state index contributed by atoms with van der Waals surface area (Å²) in [6.07, 6.45) is 4.32. The van der Waals surface area contributed by atoms with E-state index in [1.165, 1.54) is 22.5 Å². The van der Waals surface area contributed by atoms with Crippen LogP contribution in [0.25, 0.3) is 0 Å². The highest BCUT2D eigenvalue weighted by molar-refractivity contribution is 7.17. The van der Waals surface area contributed by atoms with E-state index in [-0.39, 0.29) is 17.6 Å². The highest BCUT2D eigenvalue weighted by atomic mass is 32.1. The van der Waals surface area contributed by atoms with Gasteiger partial charge in [-0.25, -0.2) is 4.79 Å². The summed E-state index contributed by atoms with van der Waals surface area (Å²) in [6, 6.07) is 3.25. The van der Waals surface area contributed by atoms with E-state index in [2.05, 4.69) is 12.2 Å². The van der Waals surface area contributed by atoms with Crippen LogP contribution in [0.3, 0.4) is 0 Å². The molecule has 1 amide bonds. The molecule has 0 saturated heterocycles. The van der Waals surface area contributed by atoms with Crippen LogP contribution in [0.4, 0.5) is 5.00 Å². The van der Waals surface area contributed by atoms with Gasteiger partial charge < -0.3 is 14.5 Å². The number of anilines is 1. The molecule has 1 atom stereocenters. The molecule has 0 spiro atoms. The molecule has 6 heteroatoms. The molecule has 1 aliphatic rings. The van der Waals surface area contributed by atoms with Crippen molar-refractivity contribution in [3.05, 3.63) is 40.2 Å². The molecule has 0 aliphatic heterocycles. The fraction of sp³-hybridized carbons (Fsp3) is 0.412. The van der Waals surface area contributed by atoms with Crippen LogP contribution in [-0.2, 0) is 17.6 Å². The van der Waals surface area contributed by atoms with Gasteiger partial charge >= 0.3 is 5.97 Å². The minimum absolute atomic E-state index is 0.222. The Labute approximate surface area is 138 Å². The van der Waals surface area contributed by atoms with Crippen LogP contribution in [-0.4, -0.2) is 18.5 Å². The molecule has 0 radical (unpaired) electrons. The van der Waals surface area contributed by atoms with Crippen LogP contribution in [0.2, 0.25) is 0 Å². The number of carbonyl (C=O) groups is 2. The largest absolute Gasteiger partial charge is 0.462 e. The molecule has 3 rings (SSSR count). The maximum atomic E-state index is 12.4. The van der Waals surface area contributed by atoms with Crippen LogP contribution < -0.4 is 5.32 Å². The van der Waals surface area contributed by atoms with Gasteiger partial charge in [-0.2, -0.15) is 0 Å². The molecular weight excluding hydrogens is 314 g/mol. The Morgan fingerprint density at radius 3 is 3.00 bits per heavy atom. The van der Waals surface area contributed by atoms with E-state index in [1.807, 2.05) is 0 Å². The van der Waals surface area contributed by atoms with Crippen LogP contribution in [0, 0.1) is 5.92 Å². The molecule has 122 valence electrons. The molecule has 23 heavy (non-hydrogen) atoms. The van der Waals surface area contributed by atoms with Crippen molar-refractivity contribution >= 4 is 28.2 Å². The molecule has 0 saturated carbocycles. The summed E-state index contributed by atoms with van der Waals surface area (Å²) in [5, 5.41) is 3.37. The number of carbonyl (C=O) groups excluding carboxylic acids is 2. The lowest BCUT2D eigenvalue weighted by Crippen LogP contribution is -2.17. The zero-order valence-electron chi connectivity index (χ0n) is 13.2. The second-order valence-electron chi connectivity index (χ2n) is 5.71. The quantitative estimate of drug-likeness (QED) is 0.862. The fourth-order valence-corrected chi connectivity index (χ4v) is 4.07. The minimum atomic E-state index is -0.367. The van der Waals surface area contributed by atoms with E-state index in [9.17, 15) is 9.59 Å². The Hall–Kier alpha value is -2.08. The SMILES string of the molecule is CCOC(=O)c1c(NC(=O)c2ccco2)sc2c1C[C@@H](C)CC2. The van der Waals surface area contributed by atoms with Gasteiger partial charge in [0.05, 0.1) is 18.4 Å². The third-order valence-corrected chi connectivity index (χ3v) is 5.17. The van der Waals surface area contributed by atoms with Crippen LogP contribution in [0.1, 0.15) is 51.6 Å². The second-order valence-corrected chi connectivity index (χ2v) is 6.81. The average Bonchev–Trinajstić information content (AvgIpc) is 3.14. The Morgan fingerprint density at radius 2 is 2.30 bits per heavy atom. The molecule has 1 N–H and O–H groups in total. The number of furan rings is 1. The summed E-state index contributed by atoms with van der Waals surface area (Å²) in [4.78, 5) is 25.8. The van der Waals surface area contributed by atoms with E-state index in [1.54, 1.807) is 19.1 Å². The number of hydrogen-bond acceptors (Lipinski definition) is 5. The van der Waals surface area contributed by atoms with Gasteiger partial charge in [0.1, 0.15) is 5.00 Å². The standard InChI is InChI=1S/C17H19NO4S/c1-3-21-17(20)14-11-9-10(2)6-7-13(11)23-16(14)18-15(19)12-5-4-8-22-12/h4-5,8,10H,3,6-7,9H2,1-2H3,(H,18,19)/t10-/m0/s1. The smallest absolute Gasteiger partial charge is 0.341 e. The lowest BCUT2D eigenvalue weighted by Gasteiger charge is -2.18. The lowest BCUT2D eigenvalue weighted by atomic mass is 9.88. The monoisotopic (exact) mass is 333 g/mol. The van der Waals surface area contributed by atoms with Crippen molar-refractivity contribution in [1.29, 1.82) is 0 Å². The summed E-state index contributed by atoms with van der Waals surface area (Å²) < 4.78 is 10.3. The van der Waals surface area contributed by atoms with Gasteiger partial charge in [0, 0.05) is 4.88 Å². The van der Waals surface area contributed by atoms with Crippen molar-refractivity contribution in [1.82, 2.24) is 0 Å². The first-order valence-electron chi connectivity index (χ1n) is 7.76. The van der Waals surface area contributed by atoms with Crippen molar-refractivity contribution < 1.29 is 18.7 Å². The van der Waals surface area contributed by atoms with Gasteiger partial charge in [0.2, 0.25) is 0 Å².